The first-order chi connectivity index (χ1) is 9.86. The molecule has 0 radical (unpaired) electrons. The number of hydrogen-bond acceptors (Lipinski definition) is 2. The molecule has 1 N–H and O–H groups in total. The largest absolute Gasteiger partial charge is 0.416 e. The summed E-state index contributed by atoms with van der Waals surface area (Å²) in [4.78, 5) is 3.87. The molecule has 2 nitrogen and oxygen atoms in total. The van der Waals surface area contributed by atoms with Gasteiger partial charge in [-0.25, -0.2) is 0 Å². The Labute approximate surface area is 122 Å². The van der Waals surface area contributed by atoms with Crippen LogP contribution in [0.25, 0.3) is 0 Å². The van der Waals surface area contributed by atoms with Gasteiger partial charge in [0, 0.05) is 18.0 Å². The summed E-state index contributed by atoms with van der Waals surface area (Å²) < 4.78 is 39.6. The number of alkyl halides is 3. The summed E-state index contributed by atoms with van der Waals surface area (Å²) in [5, 5.41) is 2.99. The molecule has 0 spiro atoms. The summed E-state index contributed by atoms with van der Waals surface area (Å²) in [6, 6.07) is 6.17. The Kier molecular flexibility index (Phi) is 4.32. The third-order valence-electron chi connectivity index (χ3n) is 3.59. The molecule has 112 valence electrons. The van der Waals surface area contributed by atoms with E-state index < -0.39 is 17.8 Å². The van der Waals surface area contributed by atoms with Gasteiger partial charge in [-0.1, -0.05) is 18.2 Å². The number of hydrogen-bond donors (Lipinski definition) is 1. The molecule has 1 atom stereocenters. The maximum atomic E-state index is 13.2. The number of benzene rings is 1. The number of nitrogens with zero attached hydrogens (tertiary/aromatic N) is 1. The summed E-state index contributed by atoms with van der Waals surface area (Å²) in [6.45, 7) is 3.80. The Bertz CT molecular complexity index is 615. The molecule has 5 heteroatoms. The molecule has 1 heterocycles. The Morgan fingerprint density at radius 3 is 2.24 bits per heavy atom. The molecule has 0 aliphatic rings. The molecule has 0 saturated carbocycles. The highest BCUT2D eigenvalue weighted by atomic mass is 19.4. The Hall–Kier alpha value is -1.88. The van der Waals surface area contributed by atoms with Crippen LogP contribution in [0.3, 0.4) is 0 Å². The zero-order chi connectivity index (χ0) is 15.6. The minimum atomic E-state index is -4.40. The lowest BCUT2D eigenvalue weighted by molar-refractivity contribution is -0.138. The molecule has 1 aromatic carbocycles. The molecule has 0 bridgehead atoms. The fraction of sp³-hybridized carbons (Fsp3) is 0.312. The average molecular weight is 294 g/mol. The molecule has 1 aromatic heterocycles. The summed E-state index contributed by atoms with van der Waals surface area (Å²) in [5.74, 6) is 0. The third kappa shape index (κ3) is 3.08. The standard InChI is InChI=1S/C16H17F3N2/c1-10-5-4-6-11(2)14(10)15(20-3)12-9-21-8-7-13(12)16(17,18)19/h4-9,15,20H,1-3H3. The zero-order valence-corrected chi connectivity index (χ0v) is 12.1. The molecular weight excluding hydrogens is 277 g/mol. The monoisotopic (exact) mass is 294 g/mol. The van der Waals surface area contributed by atoms with Gasteiger partial charge in [-0.05, 0) is 43.7 Å². The predicted octanol–water partition coefficient (Wildman–Crippen LogP) is 4.03. The molecule has 1 unspecified atom stereocenters. The van der Waals surface area contributed by atoms with Crippen LogP contribution in [-0.4, -0.2) is 12.0 Å². The van der Waals surface area contributed by atoms with Crippen molar-refractivity contribution >= 4 is 0 Å². The average Bonchev–Trinajstić information content (AvgIpc) is 2.42. The van der Waals surface area contributed by atoms with E-state index in [1.165, 1.54) is 12.4 Å². The minimum absolute atomic E-state index is 0.143. The van der Waals surface area contributed by atoms with Crippen LogP contribution in [0, 0.1) is 13.8 Å². The van der Waals surface area contributed by atoms with Gasteiger partial charge in [-0.15, -0.1) is 0 Å². The van der Waals surface area contributed by atoms with E-state index in [9.17, 15) is 13.2 Å². The van der Waals surface area contributed by atoms with Crippen LogP contribution in [0.2, 0.25) is 0 Å². The SMILES string of the molecule is CNC(c1cnccc1C(F)(F)F)c1c(C)cccc1C. The number of pyridine rings is 1. The number of halogens is 3. The van der Waals surface area contributed by atoms with Crippen molar-refractivity contribution in [3.05, 3.63) is 64.5 Å². The van der Waals surface area contributed by atoms with E-state index in [1.54, 1.807) is 7.05 Å². The molecule has 0 saturated heterocycles. The van der Waals surface area contributed by atoms with E-state index in [4.69, 9.17) is 0 Å². The first-order valence-corrected chi connectivity index (χ1v) is 6.60. The van der Waals surface area contributed by atoms with Crippen molar-refractivity contribution in [3.63, 3.8) is 0 Å². The van der Waals surface area contributed by atoms with Crippen LogP contribution in [0.15, 0.2) is 36.7 Å². The summed E-state index contributed by atoms with van der Waals surface area (Å²) in [7, 11) is 1.66. The normalized spacial score (nSPS) is 13.2. The summed E-state index contributed by atoms with van der Waals surface area (Å²) in [6.07, 6.45) is -1.94. The van der Waals surface area contributed by atoms with E-state index in [-0.39, 0.29) is 5.56 Å². The number of rotatable bonds is 3. The van der Waals surface area contributed by atoms with Gasteiger partial charge in [-0.3, -0.25) is 4.98 Å². The smallest absolute Gasteiger partial charge is 0.309 e. The van der Waals surface area contributed by atoms with Crippen molar-refractivity contribution in [1.82, 2.24) is 10.3 Å². The van der Waals surface area contributed by atoms with E-state index in [0.717, 1.165) is 22.8 Å². The Balaban J connectivity index is 2.63. The van der Waals surface area contributed by atoms with Crippen molar-refractivity contribution in [2.24, 2.45) is 0 Å². The fourth-order valence-electron chi connectivity index (χ4n) is 2.63. The van der Waals surface area contributed by atoms with Crippen LogP contribution in [-0.2, 0) is 6.18 Å². The third-order valence-corrected chi connectivity index (χ3v) is 3.59. The van der Waals surface area contributed by atoms with Gasteiger partial charge in [0.2, 0.25) is 0 Å². The minimum Gasteiger partial charge on any atom is -0.309 e. The van der Waals surface area contributed by atoms with Gasteiger partial charge < -0.3 is 5.32 Å². The van der Waals surface area contributed by atoms with Gasteiger partial charge in [0.05, 0.1) is 11.6 Å². The molecule has 0 amide bonds. The molecular formula is C16H17F3N2. The topological polar surface area (TPSA) is 24.9 Å². The maximum absolute atomic E-state index is 13.2. The molecule has 21 heavy (non-hydrogen) atoms. The van der Waals surface area contributed by atoms with Crippen molar-refractivity contribution in [1.29, 1.82) is 0 Å². The predicted molar refractivity (Wildman–Crippen MR) is 76.1 cm³/mol. The number of nitrogens with one attached hydrogen (secondary N) is 1. The van der Waals surface area contributed by atoms with Crippen molar-refractivity contribution < 1.29 is 13.2 Å². The van der Waals surface area contributed by atoms with Gasteiger partial charge in [-0.2, -0.15) is 13.2 Å². The summed E-state index contributed by atoms with van der Waals surface area (Å²) in [5.41, 5.74) is 2.25. The summed E-state index contributed by atoms with van der Waals surface area (Å²) >= 11 is 0. The Morgan fingerprint density at radius 1 is 1.10 bits per heavy atom. The second kappa shape index (κ2) is 5.85. The zero-order valence-electron chi connectivity index (χ0n) is 12.1. The number of aromatic nitrogens is 1. The first kappa shape index (κ1) is 15.5. The second-order valence-electron chi connectivity index (χ2n) is 4.99. The van der Waals surface area contributed by atoms with Gasteiger partial charge in [0.1, 0.15) is 0 Å². The fourth-order valence-corrected chi connectivity index (χ4v) is 2.63. The lowest BCUT2D eigenvalue weighted by Crippen LogP contribution is -2.23. The Morgan fingerprint density at radius 2 is 1.71 bits per heavy atom. The van der Waals surface area contributed by atoms with Crippen LogP contribution >= 0.6 is 0 Å². The highest BCUT2D eigenvalue weighted by Crippen LogP contribution is 2.37. The van der Waals surface area contributed by atoms with Crippen LogP contribution in [0.4, 0.5) is 13.2 Å². The van der Waals surface area contributed by atoms with Crippen molar-refractivity contribution in [2.45, 2.75) is 26.1 Å². The first-order valence-electron chi connectivity index (χ1n) is 6.60. The van der Waals surface area contributed by atoms with Crippen LogP contribution in [0.1, 0.15) is 33.9 Å². The molecule has 2 aromatic rings. The van der Waals surface area contributed by atoms with Crippen LogP contribution in [0.5, 0.6) is 0 Å². The second-order valence-corrected chi connectivity index (χ2v) is 4.99. The van der Waals surface area contributed by atoms with Gasteiger partial charge >= 0.3 is 6.18 Å². The van der Waals surface area contributed by atoms with E-state index in [2.05, 4.69) is 10.3 Å². The molecule has 0 aliphatic carbocycles. The van der Waals surface area contributed by atoms with Crippen molar-refractivity contribution in [2.75, 3.05) is 7.05 Å². The molecule has 0 aliphatic heterocycles. The quantitative estimate of drug-likeness (QED) is 0.924. The van der Waals surface area contributed by atoms with Crippen molar-refractivity contribution in [3.8, 4) is 0 Å². The molecule has 2 rings (SSSR count). The lowest BCUT2D eigenvalue weighted by Gasteiger charge is -2.24. The van der Waals surface area contributed by atoms with E-state index >= 15 is 0 Å². The van der Waals surface area contributed by atoms with Gasteiger partial charge in [0.25, 0.3) is 0 Å². The van der Waals surface area contributed by atoms with E-state index in [1.807, 2.05) is 32.0 Å². The highest BCUT2D eigenvalue weighted by molar-refractivity contribution is 5.44. The number of aryl methyl sites for hydroxylation is 2. The maximum Gasteiger partial charge on any atom is 0.416 e. The van der Waals surface area contributed by atoms with E-state index in [0.29, 0.717) is 0 Å². The lowest BCUT2D eigenvalue weighted by atomic mass is 9.90. The van der Waals surface area contributed by atoms with Crippen LogP contribution < -0.4 is 5.32 Å². The van der Waals surface area contributed by atoms with Gasteiger partial charge in [0.15, 0.2) is 0 Å². The molecule has 0 fully saturated rings. The highest BCUT2D eigenvalue weighted by Gasteiger charge is 2.35.